The van der Waals surface area contributed by atoms with Crippen molar-refractivity contribution in [3.8, 4) is 0 Å². The zero-order chi connectivity index (χ0) is 12.9. The second-order valence-electron chi connectivity index (χ2n) is 5.58. The van der Waals surface area contributed by atoms with Crippen molar-refractivity contribution in [3.63, 3.8) is 0 Å². The first kappa shape index (κ1) is 13.3. The number of nitrogens with one attached hydrogen (secondary N) is 1. The van der Waals surface area contributed by atoms with Gasteiger partial charge in [-0.15, -0.1) is 11.8 Å². The van der Waals surface area contributed by atoms with Gasteiger partial charge in [0.1, 0.15) is 0 Å². The molecule has 2 aliphatic rings. The highest BCUT2D eigenvalue weighted by Gasteiger charge is 2.19. The molecule has 3 heteroatoms. The molecule has 1 aromatic carbocycles. The maximum absolute atomic E-state index is 5.56. The van der Waals surface area contributed by atoms with Crippen LogP contribution in [-0.4, -0.2) is 24.5 Å². The summed E-state index contributed by atoms with van der Waals surface area (Å²) in [6, 6.07) is 9.24. The quantitative estimate of drug-likeness (QED) is 0.886. The van der Waals surface area contributed by atoms with Gasteiger partial charge < -0.3 is 10.1 Å². The van der Waals surface area contributed by atoms with E-state index in [-0.39, 0.29) is 0 Å². The van der Waals surface area contributed by atoms with E-state index in [9.17, 15) is 0 Å². The van der Waals surface area contributed by atoms with Crippen molar-refractivity contribution < 1.29 is 4.74 Å². The summed E-state index contributed by atoms with van der Waals surface area (Å²) in [5.41, 5.74) is 1.30. The van der Waals surface area contributed by atoms with Gasteiger partial charge in [0.2, 0.25) is 0 Å². The second-order valence-corrected chi connectivity index (χ2v) is 6.92. The van der Waals surface area contributed by atoms with E-state index >= 15 is 0 Å². The van der Waals surface area contributed by atoms with Crippen LogP contribution in [0.3, 0.4) is 0 Å². The van der Waals surface area contributed by atoms with E-state index in [4.69, 9.17) is 4.74 Å². The Morgan fingerprint density at radius 2 is 1.89 bits per heavy atom. The molecule has 1 aliphatic heterocycles. The fourth-order valence-electron chi connectivity index (χ4n) is 2.95. The first-order chi connectivity index (χ1) is 9.42. The average Bonchev–Trinajstić information content (AvgIpc) is 2.95. The molecule has 1 saturated carbocycles. The highest BCUT2D eigenvalue weighted by Crippen LogP contribution is 2.38. The van der Waals surface area contributed by atoms with Crippen LogP contribution >= 0.6 is 11.8 Å². The van der Waals surface area contributed by atoms with Gasteiger partial charge >= 0.3 is 0 Å². The zero-order valence-electron chi connectivity index (χ0n) is 11.4. The van der Waals surface area contributed by atoms with E-state index < -0.39 is 0 Å². The molecular weight excluding hydrogens is 254 g/mol. The van der Waals surface area contributed by atoms with Gasteiger partial charge in [-0.1, -0.05) is 25.0 Å². The Hall–Kier alpha value is -0.670. The Morgan fingerprint density at radius 3 is 2.68 bits per heavy atom. The number of thioether (sulfide) groups is 1. The van der Waals surface area contributed by atoms with E-state index in [0.717, 1.165) is 18.5 Å². The van der Waals surface area contributed by atoms with Gasteiger partial charge in [-0.2, -0.15) is 0 Å². The summed E-state index contributed by atoms with van der Waals surface area (Å²) in [5, 5.41) is 4.50. The van der Waals surface area contributed by atoms with Crippen molar-refractivity contribution in [1.29, 1.82) is 0 Å². The van der Waals surface area contributed by atoms with Gasteiger partial charge in [-0.3, -0.25) is 0 Å². The largest absolute Gasteiger partial charge is 0.379 e. The van der Waals surface area contributed by atoms with Crippen LogP contribution in [0.15, 0.2) is 29.2 Å². The van der Waals surface area contributed by atoms with Crippen LogP contribution in [0.4, 0.5) is 5.69 Å². The Kier molecular flexibility index (Phi) is 4.67. The molecule has 2 fully saturated rings. The number of hydrogen-bond donors (Lipinski definition) is 1. The summed E-state index contributed by atoms with van der Waals surface area (Å²) < 4.78 is 5.56. The topological polar surface area (TPSA) is 21.3 Å². The fourth-order valence-corrected chi connectivity index (χ4v) is 4.29. The molecule has 0 amide bonds. The van der Waals surface area contributed by atoms with E-state index in [1.54, 1.807) is 0 Å². The van der Waals surface area contributed by atoms with Crippen LogP contribution in [-0.2, 0) is 4.74 Å². The van der Waals surface area contributed by atoms with Crippen LogP contribution < -0.4 is 5.32 Å². The Bertz CT molecular complexity index is 397. The molecule has 1 heterocycles. The van der Waals surface area contributed by atoms with E-state index in [1.807, 2.05) is 0 Å². The number of para-hydroxylation sites is 1. The summed E-state index contributed by atoms with van der Waals surface area (Å²) in [4.78, 5) is 1.42. The first-order valence-corrected chi connectivity index (χ1v) is 8.40. The first-order valence-electron chi connectivity index (χ1n) is 7.52. The lowest BCUT2D eigenvalue weighted by atomic mass is 10.1. The van der Waals surface area contributed by atoms with Crippen LogP contribution in [0, 0.1) is 0 Å². The second kappa shape index (κ2) is 6.67. The van der Waals surface area contributed by atoms with E-state index in [1.165, 1.54) is 49.1 Å². The van der Waals surface area contributed by atoms with Crippen molar-refractivity contribution in [3.05, 3.63) is 24.3 Å². The molecule has 1 N–H and O–H groups in total. The Morgan fingerprint density at radius 1 is 1.05 bits per heavy atom. The highest BCUT2D eigenvalue weighted by atomic mass is 32.2. The van der Waals surface area contributed by atoms with Gasteiger partial charge in [0.15, 0.2) is 0 Å². The fraction of sp³-hybridized carbons (Fsp3) is 0.625. The molecule has 1 saturated heterocycles. The predicted octanol–water partition coefficient (Wildman–Crippen LogP) is 4.31. The number of hydrogen-bond acceptors (Lipinski definition) is 3. The van der Waals surface area contributed by atoms with Gasteiger partial charge in [-0.25, -0.2) is 0 Å². The van der Waals surface area contributed by atoms with Crippen molar-refractivity contribution >= 4 is 17.4 Å². The average molecular weight is 277 g/mol. The third-order valence-corrected chi connectivity index (χ3v) is 5.42. The van der Waals surface area contributed by atoms with Crippen molar-refractivity contribution in [1.82, 2.24) is 0 Å². The van der Waals surface area contributed by atoms with Gasteiger partial charge in [0.05, 0.1) is 6.61 Å². The third-order valence-electron chi connectivity index (χ3n) is 4.00. The maximum atomic E-state index is 5.56. The van der Waals surface area contributed by atoms with Crippen LogP contribution in [0.5, 0.6) is 0 Å². The maximum Gasteiger partial charge on any atom is 0.0667 e. The molecule has 0 bridgehead atoms. The number of rotatable bonds is 4. The lowest BCUT2D eigenvalue weighted by Crippen LogP contribution is -2.30. The third kappa shape index (κ3) is 3.67. The Balaban J connectivity index is 1.65. The van der Waals surface area contributed by atoms with Gasteiger partial charge in [-0.05, 0) is 37.8 Å². The van der Waals surface area contributed by atoms with E-state index in [2.05, 4.69) is 41.3 Å². The molecule has 1 atom stereocenters. The Labute approximate surface area is 120 Å². The summed E-state index contributed by atoms with van der Waals surface area (Å²) in [6.07, 6.45) is 7.97. The van der Waals surface area contributed by atoms with Crippen LogP contribution in [0.1, 0.15) is 38.5 Å². The van der Waals surface area contributed by atoms with Crippen LogP contribution in [0.2, 0.25) is 0 Å². The minimum absolute atomic E-state index is 0.485. The molecule has 1 aliphatic carbocycles. The predicted molar refractivity (Wildman–Crippen MR) is 82.0 cm³/mol. The molecule has 2 nitrogen and oxygen atoms in total. The van der Waals surface area contributed by atoms with Crippen molar-refractivity contribution in [2.45, 2.75) is 54.7 Å². The molecule has 1 unspecified atom stereocenters. The molecular formula is C16H23NOS. The lowest BCUT2D eigenvalue weighted by Gasteiger charge is -2.25. The SMILES string of the molecule is c1ccc(SC2CCCC2)c(NC2CCCOC2)c1. The molecule has 104 valence electrons. The molecule has 19 heavy (non-hydrogen) atoms. The number of benzene rings is 1. The molecule has 0 radical (unpaired) electrons. The van der Waals surface area contributed by atoms with Crippen molar-refractivity contribution in [2.24, 2.45) is 0 Å². The van der Waals surface area contributed by atoms with Crippen molar-refractivity contribution in [2.75, 3.05) is 18.5 Å². The summed E-state index contributed by atoms with van der Waals surface area (Å²) in [6.45, 7) is 1.78. The lowest BCUT2D eigenvalue weighted by molar-refractivity contribution is 0.0875. The minimum Gasteiger partial charge on any atom is -0.379 e. The highest BCUT2D eigenvalue weighted by molar-refractivity contribution is 8.00. The van der Waals surface area contributed by atoms with Gasteiger partial charge in [0, 0.05) is 28.5 Å². The molecule has 1 aromatic rings. The standard InChI is InChI=1S/C16H23NOS/c1-2-8-14(7-1)19-16-10-4-3-9-15(16)17-13-6-5-11-18-12-13/h3-4,9-10,13-14,17H,1-2,5-8,11-12H2. The molecule has 3 rings (SSSR count). The smallest absolute Gasteiger partial charge is 0.0667 e. The molecule has 0 spiro atoms. The normalized spacial score (nSPS) is 24.5. The summed E-state index contributed by atoms with van der Waals surface area (Å²) in [7, 11) is 0. The summed E-state index contributed by atoms with van der Waals surface area (Å²) in [5.74, 6) is 0. The summed E-state index contributed by atoms with van der Waals surface area (Å²) >= 11 is 2.06. The number of ether oxygens (including phenoxy) is 1. The molecule has 0 aromatic heterocycles. The minimum atomic E-state index is 0.485. The monoisotopic (exact) mass is 277 g/mol. The number of anilines is 1. The van der Waals surface area contributed by atoms with Gasteiger partial charge in [0.25, 0.3) is 0 Å². The van der Waals surface area contributed by atoms with Crippen LogP contribution in [0.25, 0.3) is 0 Å². The zero-order valence-corrected chi connectivity index (χ0v) is 12.3. The van der Waals surface area contributed by atoms with E-state index in [0.29, 0.717) is 6.04 Å².